The Bertz CT molecular complexity index is 2500. The molecule has 22 heteroatoms. The molecule has 0 saturated heterocycles. The predicted octanol–water partition coefficient (Wildman–Crippen LogP) is 9.24. The van der Waals surface area contributed by atoms with Crippen LogP contribution in [0, 0.1) is 11.8 Å². The number of methoxy groups -OCH3 is 2. The fourth-order valence-corrected chi connectivity index (χ4v) is 7.14. The van der Waals surface area contributed by atoms with Gasteiger partial charge in [0.05, 0.1) is 62.6 Å². The quantitative estimate of drug-likeness (QED) is 0.0162. The van der Waals surface area contributed by atoms with E-state index in [4.69, 9.17) is 61.9 Å². The second kappa shape index (κ2) is 41.2. The Morgan fingerprint density at radius 3 is 1.11 bits per heavy atom. The van der Waals surface area contributed by atoms with Crippen molar-refractivity contribution in [3.05, 3.63) is 132 Å². The molecule has 0 heterocycles. The number of benzene rings is 4. The molecule has 5 rings (SSSR count). The predicted molar refractivity (Wildman–Crippen MR) is 297 cm³/mol. The Kier molecular flexibility index (Phi) is 35.4. The van der Waals surface area contributed by atoms with Gasteiger partial charge in [0.25, 0.3) is 0 Å². The summed E-state index contributed by atoms with van der Waals surface area (Å²) in [6.07, 6.45) is 8.08. The van der Waals surface area contributed by atoms with Crippen molar-refractivity contribution in [2.24, 2.45) is 11.8 Å². The maximum absolute atomic E-state index is 13.6. The SMILES string of the molecule is C=CC(=O)OCCCCOc1ccc(C(=O)Oc2ccc(OC(=O)C3CCC(C(=O)Oc4ccc(OC(=O)c5ccc(OCCCCOC(=O)C=C)cc5)cc4C(=O)OCCOC)CC3)c(C(=O)OCCOC)c2)cc1.CCCC.CO.[V]. The molecule has 1 N–H and O–H groups in total. The summed E-state index contributed by atoms with van der Waals surface area (Å²) < 4.78 is 64.4. The van der Waals surface area contributed by atoms with E-state index in [-0.39, 0.29) is 129 Å². The van der Waals surface area contributed by atoms with Gasteiger partial charge in [-0.05, 0) is 136 Å². The zero-order valence-corrected chi connectivity index (χ0v) is 49.0. The minimum atomic E-state index is -0.870. The summed E-state index contributed by atoms with van der Waals surface area (Å²) in [6, 6.07) is 20.2. The molecule has 83 heavy (non-hydrogen) atoms. The van der Waals surface area contributed by atoms with Crippen LogP contribution in [0.3, 0.4) is 0 Å². The van der Waals surface area contributed by atoms with E-state index in [1.165, 1.54) is 87.7 Å². The number of hydrogen-bond donors (Lipinski definition) is 1. The van der Waals surface area contributed by atoms with Gasteiger partial charge in [-0.25, -0.2) is 28.8 Å². The summed E-state index contributed by atoms with van der Waals surface area (Å²) in [6.45, 7) is 12.2. The number of unbranched alkanes of at least 4 members (excludes halogenated alkanes) is 3. The first kappa shape index (κ1) is 71.3. The van der Waals surface area contributed by atoms with E-state index < -0.39 is 59.6 Å². The van der Waals surface area contributed by atoms with Crippen molar-refractivity contribution in [1.82, 2.24) is 0 Å². The van der Waals surface area contributed by atoms with Crippen LogP contribution in [-0.4, -0.2) is 127 Å². The van der Waals surface area contributed by atoms with E-state index >= 15 is 0 Å². The summed E-state index contributed by atoms with van der Waals surface area (Å²) in [5.41, 5.74) is -0.0170. The number of esters is 8. The van der Waals surface area contributed by atoms with Crippen molar-refractivity contribution in [3.8, 4) is 34.5 Å². The third-order valence-electron chi connectivity index (χ3n) is 11.7. The normalized spacial score (nSPS) is 12.9. The Balaban J connectivity index is 0.00000321. The smallest absolute Gasteiger partial charge is 0.343 e. The maximum Gasteiger partial charge on any atom is 0.343 e. The van der Waals surface area contributed by atoms with E-state index in [0.717, 1.165) is 19.3 Å². The van der Waals surface area contributed by atoms with Crippen LogP contribution in [0.15, 0.2) is 110 Å². The average Bonchev–Trinajstić information content (AvgIpc) is 3.50. The molecule has 0 atom stereocenters. The molecule has 4 aromatic carbocycles. The average molecular weight is 1190 g/mol. The molecule has 1 aliphatic carbocycles. The molecule has 0 bridgehead atoms. The molecule has 1 aliphatic rings. The van der Waals surface area contributed by atoms with Crippen LogP contribution >= 0.6 is 0 Å². The third kappa shape index (κ3) is 26.3. The van der Waals surface area contributed by atoms with Gasteiger partial charge in [-0.1, -0.05) is 39.8 Å². The number of aliphatic hydroxyl groups is 1. The van der Waals surface area contributed by atoms with E-state index in [0.29, 0.717) is 50.4 Å². The number of carbonyl (C=O) groups excluding carboxylic acids is 8. The number of carbonyl (C=O) groups is 8. The van der Waals surface area contributed by atoms with Crippen LogP contribution in [0.25, 0.3) is 0 Å². The van der Waals surface area contributed by atoms with Crippen LogP contribution in [0.1, 0.15) is 119 Å². The molecule has 0 spiro atoms. The molecule has 0 aliphatic heterocycles. The van der Waals surface area contributed by atoms with Crippen molar-refractivity contribution in [1.29, 1.82) is 0 Å². The van der Waals surface area contributed by atoms with E-state index in [9.17, 15) is 38.4 Å². The van der Waals surface area contributed by atoms with Crippen molar-refractivity contribution in [3.63, 3.8) is 0 Å². The Morgan fingerprint density at radius 1 is 0.446 bits per heavy atom. The van der Waals surface area contributed by atoms with Crippen LogP contribution in [0.4, 0.5) is 0 Å². The first-order valence-corrected chi connectivity index (χ1v) is 26.7. The molecular formula is C61H74O21V. The van der Waals surface area contributed by atoms with Gasteiger partial charge in [0.1, 0.15) is 58.8 Å². The molecular weight excluding hydrogens is 1120 g/mol. The molecule has 21 nitrogen and oxygen atoms in total. The number of hydrogen-bond acceptors (Lipinski definition) is 21. The van der Waals surface area contributed by atoms with Gasteiger partial charge in [-0.15, -0.1) is 0 Å². The second-order valence-electron chi connectivity index (χ2n) is 17.6. The molecule has 0 aromatic heterocycles. The molecule has 1 saturated carbocycles. The Morgan fingerprint density at radius 2 is 0.783 bits per heavy atom. The monoisotopic (exact) mass is 1190 g/mol. The summed E-state index contributed by atoms with van der Waals surface area (Å²) >= 11 is 0. The van der Waals surface area contributed by atoms with Crippen LogP contribution in [0.5, 0.6) is 34.5 Å². The number of rotatable bonds is 31. The van der Waals surface area contributed by atoms with E-state index in [1.807, 2.05) is 0 Å². The second-order valence-corrected chi connectivity index (χ2v) is 17.6. The number of aliphatic hydroxyl groups excluding tert-OH is 1. The molecule has 449 valence electrons. The Labute approximate surface area is 495 Å². The molecule has 0 amide bonds. The minimum absolute atomic E-state index is 0. The van der Waals surface area contributed by atoms with E-state index in [2.05, 4.69) is 27.0 Å². The Hall–Kier alpha value is -7.82. The fraction of sp³-hybridized carbons (Fsp3) is 0.410. The first-order chi connectivity index (χ1) is 39.7. The maximum atomic E-state index is 13.6. The standard InChI is InChI=1S/C56H60O20.C4H10.CH4O.V/c1-5-49(57)69-29-9-7-27-67-41-19-15-39(16-20-41)51(59)73-43-23-25-47(45(35-43)55(63)71-33-31-65-3)75-53(61)37-11-13-38(14-12-37)54(62)76-48-26-24-44(36-46(48)56(64)72-34-32-66-4)74-52(60)40-17-21-42(22-18-40)68-28-8-10-30-70-50(58)6-2;1-3-4-2;1-2;/h5-6,15-26,35-38H,1-2,7-14,27-34H2,3-4H3;3-4H2,1-2H3;2H,1H3;. The first-order valence-electron chi connectivity index (χ1n) is 26.7. The molecule has 4 aromatic rings. The van der Waals surface area contributed by atoms with Crippen molar-refractivity contribution in [2.45, 2.75) is 78.1 Å². The van der Waals surface area contributed by atoms with Crippen LogP contribution < -0.4 is 28.4 Å². The molecule has 0 unspecified atom stereocenters. The van der Waals surface area contributed by atoms with Gasteiger partial charge in [0, 0.05) is 52.0 Å². The topological polar surface area (TPSA) is 268 Å². The number of ether oxygens (including phenoxy) is 12. The van der Waals surface area contributed by atoms with Crippen LogP contribution in [-0.2, 0) is 66.2 Å². The fourth-order valence-electron chi connectivity index (χ4n) is 7.14. The molecule has 1 radical (unpaired) electrons. The molecule has 1 fully saturated rings. The van der Waals surface area contributed by atoms with Gasteiger partial charge < -0.3 is 61.9 Å². The van der Waals surface area contributed by atoms with Gasteiger partial charge in [-0.3, -0.25) is 9.59 Å². The zero-order valence-electron chi connectivity index (χ0n) is 47.6. The van der Waals surface area contributed by atoms with Gasteiger partial charge in [0.2, 0.25) is 0 Å². The van der Waals surface area contributed by atoms with E-state index in [1.54, 1.807) is 24.3 Å². The van der Waals surface area contributed by atoms with Crippen molar-refractivity contribution < 1.29 is 119 Å². The minimum Gasteiger partial charge on any atom is -0.494 e. The van der Waals surface area contributed by atoms with Crippen molar-refractivity contribution in [2.75, 3.05) is 74.2 Å². The summed E-state index contributed by atoms with van der Waals surface area (Å²) in [4.78, 5) is 102. The summed E-state index contributed by atoms with van der Waals surface area (Å²) in [5.74, 6) is -6.28. The van der Waals surface area contributed by atoms with Gasteiger partial charge in [0.15, 0.2) is 0 Å². The van der Waals surface area contributed by atoms with Crippen molar-refractivity contribution >= 4 is 47.8 Å². The van der Waals surface area contributed by atoms with Crippen LogP contribution in [0.2, 0.25) is 0 Å². The largest absolute Gasteiger partial charge is 0.494 e. The zero-order chi connectivity index (χ0) is 60.1. The van der Waals surface area contributed by atoms with Gasteiger partial charge in [-0.2, -0.15) is 0 Å². The summed E-state index contributed by atoms with van der Waals surface area (Å²) in [5, 5.41) is 7.00. The van der Waals surface area contributed by atoms with Gasteiger partial charge >= 0.3 is 47.8 Å². The third-order valence-corrected chi connectivity index (χ3v) is 11.7. The summed E-state index contributed by atoms with van der Waals surface area (Å²) in [7, 11) is 3.86.